The monoisotopic (exact) mass is 604 g/mol. The van der Waals surface area contributed by atoms with E-state index in [2.05, 4.69) is 170 Å². The first-order valence-corrected chi connectivity index (χ1v) is 16.8. The van der Waals surface area contributed by atoms with Gasteiger partial charge in [-0.15, -0.1) is 0 Å². The third-order valence-electron chi connectivity index (χ3n) is 10.7. The van der Waals surface area contributed by atoms with Crippen LogP contribution < -0.4 is 0 Å². The summed E-state index contributed by atoms with van der Waals surface area (Å²) in [7, 11) is 0. The summed E-state index contributed by atoms with van der Waals surface area (Å²) in [4.78, 5) is 0. The van der Waals surface area contributed by atoms with Crippen molar-refractivity contribution in [3.05, 3.63) is 170 Å². The summed E-state index contributed by atoms with van der Waals surface area (Å²) in [6, 6.07) is 63.5. The number of fused-ring (bicyclic) bond motifs is 5. The van der Waals surface area contributed by atoms with Crippen LogP contribution in [0.25, 0.3) is 108 Å². The molecule has 220 valence electrons. The molecule has 0 aliphatic rings. The van der Waals surface area contributed by atoms with Crippen LogP contribution >= 0.6 is 0 Å². The van der Waals surface area contributed by atoms with E-state index in [1.165, 1.54) is 108 Å². The fourth-order valence-electron chi connectivity index (χ4n) is 8.61. The van der Waals surface area contributed by atoms with Crippen LogP contribution in [0.5, 0.6) is 0 Å². The molecule has 0 radical (unpaired) electrons. The van der Waals surface area contributed by atoms with Gasteiger partial charge in [-0.1, -0.05) is 152 Å². The van der Waals surface area contributed by atoms with Crippen LogP contribution in [0.15, 0.2) is 170 Å². The molecule has 0 spiro atoms. The molecule has 0 heterocycles. The van der Waals surface area contributed by atoms with Gasteiger partial charge in [0, 0.05) is 0 Å². The number of hydrogen-bond donors (Lipinski definition) is 0. The Morgan fingerprint density at radius 1 is 0.208 bits per heavy atom. The topological polar surface area (TPSA) is 0 Å². The molecule has 48 heavy (non-hydrogen) atoms. The molecule has 0 nitrogen and oxygen atoms in total. The lowest BCUT2D eigenvalue weighted by molar-refractivity contribution is 1.63. The van der Waals surface area contributed by atoms with Crippen molar-refractivity contribution in [3.63, 3.8) is 0 Å². The van der Waals surface area contributed by atoms with E-state index in [-0.39, 0.29) is 0 Å². The van der Waals surface area contributed by atoms with Crippen molar-refractivity contribution < 1.29 is 0 Å². The summed E-state index contributed by atoms with van der Waals surface area (Å²) in [5.74, 6) is 0. The van der Waals surface area contributed by atoms with Crippen LogP contribution in [0.4, 0.5) is 0 Å². The maximum atomic E-state index is 2.44. The van der Waals surface area contributed by atoms with Crippen molar-refractivity contribution >= 4 is 86.2 Å². The summed E-state index contributed by atoms with van der Waals surface area (Å²) < 4.78 is 0. The molecule has 0 N–H and O–H groups in total. The van der Waals surface area contributed by atoms with E-state index in [9.17, 15) is 0 Å². The van der Waals surface area contributed by atoms with Gasteiger partial charge in [0.15, 0.2) is 0 Å². The molecule has 11 rings (SSSR count). The Morgan fingerprint density at radius 2 is 0.688 bits per heavy atom. The van der Waals surface area contributed by atoms with Crippen LogP contribution in [0.3, 0.4) is 0 Å². The maximum Gasteiger partial charge on any atom is -0.00199 e. The van der Waals surface area contributed by atoms with Crippen molar-refractivity contribution in [1.29, 1.82) is 0 Å². The number of benzene rings is 10. The molecule has 0 aliphatic carbocycles. The van der Waals surface area contributed by atoms with Gasteiger partial charge in [0.2, 0.25) is 0 Å². The van der Waals surface area contributed by atoms with Crippen molar-refractivity contribution in [2.45, 2.75) is 0 Å². The third kappa shape index (κ3) is 3.55. The molecule has 0 aromatic heterocycles. The molecule has 0 unspecified atom stereocenters. The third-order valence-corrected chi connectivity index (χ3v) is 10.7. The van der Waals surface area contributed by atoms with E-state index in [0.717, 1.165) is 0 Å². The molecule has 11 aromatic carbocycles. The highest BCUT2D eigenvalue weighted by Gasteiger charge is 2.16. The molecule has 0 saturated carbocycles. The molecular formula is C48H28. The van der Waals surface area contributed by atoms with Crippen molar-refractivity contribution in [1.82, 2.24) is 0 Å². The zero-order valence-corrected chi connectivity index (χ0v) is 26.2. The average Bonchev–Trinajstić information content (AvgIpc) is 3.15. The molecule has 0 amide bonds. The van der Waals surface area contributed by atoms with Gasteiger partial charge in [-0.05, 0) is 127 Å². The van der Waals surface area contributed by atoms with Gasteiger partial charge in [-0.3, -0.25) is 0 Å². The Kier molecular flexibility index (Phi) is 5.20. The van der Waals surface area contributed by atoms with Gasteiger partial charge < -0.3 is 0 Å². The molecule has 0 atom stereocenters. The highest BCUT2D eigenvalue weighted by Crippen LogP contribution is 2.43. The summed E-state index contributed by atoms with van der Waals surface area (Å²) in [5.41, 5.74) is 4.97. The standard InChI is InChI=1S/C48H28/c1-3-15-40-38(13-1)39-14-2-4-16-41(39)44-28-36(27-35-21-20-31-10-7-17-42(40)47(31)48(35)44)33-11-6-12-34(26-33)37-24-22-32-19-18-29-8-5-9-30-23-25-43(37)46(32)45(29)30/h1-28H. The lowest BCUT2D eigenvalue weighted by Crippen LogP contribution is -1.89. The Morgan fingerprint density at radius 3 is 1.44 bits per heavy atom. The van der Waals surface area contributed by atoms with E-state index < -0.39 is 0 Å². The SMILES string of the molecule is c1cc(-c2cc3ccc4cccc5c6ccccc6c6ccccc6c(c2)c3c45)cc(-c2ccc3ccc4cccc5ccc2c3c45)c1. The largest absolute Gasteiger partial charge is 0.0616 e. The molecule has 0 bridgehead atoms. The Labute approximate surface area is 277 Å². The quantitative estimate of drug-likeness (QED) is 0.172. The molecule has 0 aliphatic heterocycles. The predicted octanol–water partition coefficient (Wildman–Crippen LogP) is 13.7. The molecular weight excluding hydrogens is 577 g/mol. The number of rotatable bonds is 2. The minimum Gasteiger partial charge on any atom is -0.0616 e. The summed E-state index contributed by atoms with van der Waals surface area (Å²) in [6.07, 6.45) is 0. The summed E-state index contributed by atoms with van der Waals surface area (Å²) in [5, 5.41) is 20.8. The summed E-state index contributed by atoms with van der Waals surface area (Å²) >= 11 is 0. The van der Waals surface area contributed by atoms with Crippen LogP contribution in [-0.4, -0.2) is 0 Å². The van der Waals surface area contributed by atoms with Crippen LogP contribution in [0.1, 0.15) is 0 Å². The summed E-state index contributed by atoms with van der Waals surface area (Å²) in [6.45, 7) is 0. The molecule has 11 aromatic rings. The normalized spacial score (nSPS) is 12.2. The molecule has 0 fully saturated rings. The van der Waals surface area contributed by atoms with Gasteiger partial charge in [-0.25, -0.2) is 0 Å². The van der Waals surface area contributed by atoms with E-state index in [1.807, 2.05) is 0 Å². The van der Waals surface area contributed by atoms with Gasteiger partial charge >= 0.3 is 0 Å². The van der Waals surface area contributed by atoms with Gasteiger partial charge in [0.25, 0.3) is 0 Å². The fraction of sp³-hybridized carbons (Fsp3) is 0. The zero-order valence-electron chi connectivity index (χ0n) is 26.2. The first-order valence-electron chi connectivity index (χ1n) is 16.8. The minimum absolute atomic E-state index is 1.23. The molecule has 0 heteroatoms. The van der Waals surface area contributed by atoms with Crippen molar-refractivity contribution in [2.75, 3.05) is 0 Å². The van der Waals surface area contributed by atoms with E-state index >= 15 is 0 Å². The zero-order chi connectivity index (χ0) is 31.3. The van der Waals surface area contributed by atoms with Gasteiger partial charge in [0.05, 0.1) is 0 Å². The minimum atomic E-state index is 1.23. The lowest BCUT2D eigenvalue weighted by atomic mass is 9.87. The predicted molar refractivity (Wildman–Crippen MR) is 209 cm³/mol. The second-order valence-electron chi connectivity index (χ2n) is 13.2. The van der Waals surface area contributed by atoms with Crippen LogP contribution in [0.2, 0.25) is 0 Å². The second kappa shape index (κ2) is 9.64. The first kappa shape index (κ1) is 25.9. The smallest absolute Gasteiger partial charge is 0.00199 e. The Balaban J connectivity index is 1.22. The van der Waals surface area contributed by atoms with E-state index in [4.69, 9.17) is 0 Å². The van der Waals surface area contributed by atoms with Crippen LogP contribution in [-0.2, 0) is 0 Å². The fourth-order valence-corrected chi connectivity index (χ4v) is 8.61. The maximum absolute atomic E-state index is 2.44. The Bertz CT molecular complexity index is 3090. The van der Waals surface area contributed by atoms with Crippen molar-refractivity contribution in [3.8, 4) is 22.3 Å². The first-order chi connectivity index (χ1) is 23.8. The van der Waals surface area contributed by atoms with Gasteiger partial charge in [0.1, 0.15) is 0 Å². The van der Waals surface area contributed by atoms with E-state index in [1.54, 1.807) is 0 Å². The highest BCUT2D eigenvalue weighted by molar-refractivity contribution is 6.33. The van der Waals surface area contributed by atoms with Gasteiger partial charge in [-0.2, -0.15) is 0 Å². The van der Waals surface area contributed by atoms with E-state index in [0.29, 0.717) is 0 Å². The highest BCUT2D eigenvalue weighted by atomic mass is 14.2. The van der Waals surface area contributed by atoms with Crippen molar-refractivity contribution in [2.24, 2.45) is 0 Å². The number of hydrogen-bond acceptors (Lipinski definition) is 0. The Hall–Kier alpha value is -6.24. The average molecular weight is 605 g/mol. The van der Waals surface area contributed by atoms with Crippen LogP contribution in [0, 0.1) is 0 Å². The molecule has 0 saturated heterocycles. The second-order valence-corrected chi connectivity index (χ2v) is 13.2. The lowest BCUT2D eigenvalue weighted by Gasteiger charge is -2.16.